The highest BCUT2D eigenvalue weighted by Gasteiger charge is 2.17. The Morgan fingerprint density at radius 1 is 1.03 bits per heavy atom. The van der Waals surface area contributed by atoms with Crippen LogP contribution in [0.1, 0.15) is 63.2 Å². The predicted molar refractivity (Wildman–Crippen MR) is 125 cm³/mol. The summed E-state index contributed by atoms with van der Waals surface area (Å²) in [5.74, 6) is 2.16. The summed E-state index contributed by atoms with van der Waals surface area (Å²) in [6.07, 6.45) is 8.82. The number of rotatable bonds is 14. The summed E-state index contributed by atoms with van der Waals surface area (Å²) in [5, 5.41) is 0. The molecule has 1 aromatic heterocycles. The zero-order valence-electron chi connectivity index (χ0n) is 19.8. The van der Waals surface area contributed by atoms with E-state index in [1.54, 1.807) is 7.11 Å². The number of methoxy groups -OCH3 is 1. The Morgan fingerprint density at radius 2 is 1.88 bits per heavy atom. The van der Waals surface area contributed by atoms with Crippen LogP contribution in [0, 0.1) is 0 Å². The molecule has 2 aromatic rings. The van der Waals surface area contributed by atoms with Crippen LogP contribution < -0.4 is 19.6 Å². The molecule has 0 spiro atoms. The van der Waals surface area contributed by atoms with E-state index in [0.29, 0.717) is 25.6 Å². The van der Waals surface area contributed by atoms with Gasteiger partial charge in [0.05, 0.1) is 26.6 Å². The zero-order valence-corrected chi connectivity index (χ0v) is 19.8. The first-order valence-corrected chi connectivity index (χ1v) is 12.0. The Balaban J connectivity index is 1.37. The van der Waals surface area contributed by atoms with Crippen molar-refractivity contribution in [3.63, 3.8) is 0 Å². The molecule has 1 aromatic carbocycles. The van der Waals surface area contributed by atoms with Gasteiger partial charge in [-0.25, -0.2) is 0 Å². The summed E-state index contributed by atoms with van der Waals surface area (Å²) in [6.45, 7) is 4.04. The molecule has 0 aliphatic carbocycles. The highest BCUT2D eigenvalue weighted by Crippen LogP contribution is 2.28. The molecular weight excluding hydrogens is 424 g/mol. The van der Waals surface area contributed by atoms with Crippen LogP contribution in [0.5, 0.6) is 17.2 Å². The predicted octanol–water partition coefficient (Wildman–Crippen LogP) is 5.27. The van der Waals surface area contributed by atoms with E-state index in [-0.39, 0.29) is 24.1 Å². The minimum absolute atomic E-state index is 0.156. The van der Waals surface area contributed by atoms with Gasteiger partial charge in [0.25, 0.3) is 0 Å². The van der Waals surface area contributed by atoms with E-state index < -0.39 is 0 Å². The molecule has 0 saturated carbocycles. The molecule has 1 fully saturated rings. The van der Waals surface area contributed by atoms with E-state index in [9.17, 15) is 4.79 Å². The highest BCUT2D eigenvalue weighted by atomic mass is 16.7. The first-order chi connectivity index (χ1) is 16.2. The maximum absolute atomic E-state index is 12.2. The van der Waals surface area contributed by atoms with E-state index in [1.165, 1.54) is 17.9 Å². The molecule has 1 saturated heterocycles. The fourth-order valence-corrected chi connectivity index (χ4v) is 3.72. The molecule has 0 amide bonds. The van der Waals surface area contributed by atoms with Crippen LogP contribution in [-0.4, -0.2) is 33.2 Å². The van der Waals surface area contributed by atoms with Crippen molar-refractivity contribution in [3.8, 4) is 17.2 Å². The minimum atomic E-state index is -0.251. The number of hydrogen-bond donors (Lipinski definition) is 0. The molecule has 0 bridgehead atoms. The van der Waals surface area contributed by atoms with Crippen molar-refractivity contribution in [2.24, 2.45) is 0 Å². The summed E-state index contributed by atoms with van der Waals surface area (Å²) in [6, 6.07) is 7.47. The Morgan fingerprint density at radius 3 is 2.64 bits per heavy atom. The Labute approximate surface area is 195 Å². The van der Waals surface area contributed by atoms with Crippen molar-refractivity contribution < 1.29 is 28.1 Å². The highest BCUT2D eigenvalue weighted by molar-refractivity contribution is 5.43. The van der Waals surface area contributed by atoms with Crippen molar-refractivity contribution in [3.05, 3.63) is 52.1 Å². The lowest BCUT2D eigenvalue weighted by Gasteiger charge is -2.22. The van der Waals surface area contributed by atoms with Crippen LogP contribution in [0.15, 0.2) is 39.7 Å². The second kappa shape index (κ2) is 13.9. The largest absolute Gasteiger partial charge is 0.493 e. The van der Waals surface area contributed by atoms with Crippen LogP contribution in [0.4, 0.5) is 0 Å². The average molecular weight is 461 g/mol. The number of unbranched alkanes of at least 4 members (excludes halogenated alkanes) is 2. The number of benzene rings is 1. The van der Waals surface area contributed by atoms with Gasteiger partial charge >= 0.3 is 0 Å². The van der Waals surface area contributed by atoms with Crippen molar-refractivity contribution >= 4 is 0 Å². The molecule has 7 heteroatoms. The first-order valence-electron chi connectivity index (χ1n) is 12.0. The molecule has 2 heterocycles. The monoisotopic (exact) mass is 460 g/mol. The van der Waals surface area contributed by atoms with Crippen LogP contribution >= 0.6 is 0 Å². The lowest BCUT2D eigenvalue weighted by atomic mass is 10.1. The van der Waals surface area contributed by atoms with Gasteiger partial charge in [-0.05, 0) is 62.6 Å². The normalized spacial score (nSPS) is 15.9. The first kappa shape index (κ1) is 25.1. The Bertz CT molecular complexity index is 886. The molecule has 1 unspecified atom stereocenters. The molecule has 33 heavy (non-hydrogen) atoms. The van der Waals surface area contributed by atoms with Gasteiger partial charge in [0.2, 0.25) is 11.2 Å². The fourth-order valence-electron chi connectivity index (χ4n) is 3.72. The van der Waals surface area contributed by atoms with E-state index in [0.717, 1.165) is 62.9 Å². The van der Waals surface area contributed by atoms with Gasteiger partial charge in [-0.15, -0.1) is 0 Å². The molecular formula is C26H36O7. The van der Waals surface area contributed by atoms with Gasteiger partial charge in [-0.1, -0.05) is 19.4 Å². The van der Waals surface area contributed by atoms with Crippen LogP contribution in [0.2, 0.25) is 0 Å². The van der Waals surface area contributed by atoms with Gasteiger partial charge in [-0.2, -0.15) is 0 Å². The molecule has 3 rings (SSSR count). The molecule has 0 N–H and O–H groups in total. The summed E-state index contributed by atoms with van der Waals surface area (Å²) in [4.78, 5) is 12.2. The third kappa shape index (κ3) is 8.09. The quantitative estimate of drug-likeness (QED) is 0.355. The maximum Gasteiger partial charge on any atom is 0.227 e. The minimum Gasteiger partial charge on any atom is -0.493 e. The smallest absolute Gasteiger partial charge is 0.227 e. The molecule has 1 atom stereocenters. The third-order valence-corrected chi connectivity index (χ3v) is 5.50. The van der Waals surface area contributed by atoms with Crippen LogP contribution in [0.3, 0.4) is 0 Å². The summed E-state index contributed by atoms with van der Waals surface area (Å²) < 4.78 is 33.9. The average Bonchev–Trinajstić information content (AvgIpc) is 2.84. The van der Waals surface area contributed by atoms with Gasteiger partial charge in [0.15, 0.2) is 23.5 Å². The maximum atomic E-state index is 12.2. The van der Waals surface area contributed by atoms with Gasteiger partial charge in [0, 0.05) is 12.7 Å². The summed E-state index contributed by atoms with van der Waals surface area (Å²) in [5.41, 5.74) is 1.05. The lowest BCUT2D eigenvalue weighted by Crippen LogP contribution is -2.22. The summed E-state index contributed by atoms with van der Waals surface area (Å²) >= 11 is 0. The number of hydrogen-bond acceptors (Lipinski definition) is 7. The van der Waals surface area contributed by atoms with Crippen molar-refractivity contribution in [1.29, 1.82) is 0 Å². The van der Waals surface area contributed by atoms with Crippen LogP contribution in [-0.2, 0) is 22.5 Å². The van der Waals surface area contributed by atoms with Gasteiger partial charge in [-0.3, -0.25) is 4.79 Å². The second-order valence-electron chi connectivity index (χ2n) is 8.14. The third-order valence-electron chi connectivity index (χ3n) is 5.50. The molecule has 1 aliphatic heterocycles. The van der Waals surface area contributed by atoms with E-state index >= 15 is 0 Å². The molecule has 1 aliphatic rings. The second-order valence-corrected chi connectivity index (χ2v) is 8.14. The summed E-state index contributed by atoms with van der Waals surface area (Å²) in [7, 11) is 1.66. The molecule has 0 radical (unpaired) electrons. The Hall–Kier alpha value is -2.51. The fraction of sp³-hybridized carbons (Fsp3) is 0.577. The topological polar surface area (TPSA) is 76.4 Å². The molecule has 7 nitrogen and oxygen atoms in total. The van der Waals surface area contributed by atoms with Gasteiger partial charge < -0.3 is 28.1 Å². The van der Waals surface area contributed by atoms with Crippen LogP contribution in [0.25, 0.3) is 0 Å². The standard InChI is InChI=1S/C26H36O7/c1-3-9-20-11-12-22(23(18-20)28-2)29-14-6-4-7-16-32-26-21(27)13-17-30-24(26)19-33-25-10-5-8-15-31-25/h11-13,17-18,25H,3-10,14-16,19H2,1-2H3. The van der Waals surface area contributed by atoms with E-state index in [4.69, 9.17) is 28.1 Å². The van der Waals surface area contributed by atoms with Crippen molar-refractivity contribution in [2.45, 2.75) is 71.2 Å². The lowest BCUT2D eigenvalue weighted by molar-refractivity contribution is -0.171. The molecule has 182 valence electrons. The van der Waals surface area contributed by atoms with E-state index in [2.05, 4.69) is 13.0 Å². The number of ether oxygens (including phenoxy) is 5. The zero-order chi connectivity index (χ0) is 23.3. The van der Waals surface area contributed by atoms with Gasteiger partial charge in [0.1, 0.15) is 6.61 Å². The Kier molecular flexibility index (Phi) is 10.6. The van der Waals surface area contributed by atoms with Crippen molar-refractivity contribution in [2.75, 3.05) is 26.9 Å². The van der Waals surface area contributed by atoms with E-state index in [1.807, 2.05) is 12.1 Å². The van der Waals surface area contributed by atoms with Crippen molar-refractivity contribution in [1.82, 2.24) is 0 Å². The number of aryl methyl sites for hydroxylation is 1. The SMILES string of the molecule is CCCc1ccc(OCCCCCOc2c(COC3CCCCO3)occc2=O)c(OC)c1.